The minimum absolute atomic E-state index is 0.0279. The Kier molecular flexibility index (Phi) is 5.10. The van der Waals surface area contributed by atoms with Gasteiger partial charge in [-0.3, -0.25) is 4.79 Å². The van der Waals surface area contributed by atoms with E-state index >= 15 is 0 Å². The molecule has 0 aliphatic carbocycles. The van der Waals surface area contributed by atoms with Gasteiger partial charge in [-0.25, -0.2) is 0 Å². The Hall–Kier alpha value is -0.730. The second-order valence-electron chi connectivity index (χ2n) is 3.81. The van der Waals surface area contributed by atoms with Crippen molar-refractivity contribution in [3.8, 4) is 0 Å². The van der Waals surface area contributed by atoms with Crippen LogP contribution in [0.1, 0.15) is 23.7 Å². The van der Waals surface area contributed by atoms with Crippen molar-refractivity contribution in [1.29, 1.82) is 0 Å². The normalized spacial score (nSPS) is 12.2. The fourth-order valence-electron chi connectivity index (χ4n) is 1.31. The van der Waals surface area contributed by atoms with E-state index < -0.39 is 0 Å². The van der Waals surface area contributed by atoms with Crippen LogP contribution >= 0.6 is 23.2 Å². The molecular weight excluding hydrogens is 245 g/mol. The third-order valence-electron chi connectivity index (χ3n) is 2.28. The first-order valence-corrected chi connectivity index (χ1v) is 5.97. The van der Waals surface area contributed by atoms with E-state index in [1.807, 2.05) is 6.92 Å². The van der Waals surface area contributed by atoms with Gasteiger partial charge in [0, 0.05) is 29.6 Å². The molecule has 0 saturated heterocycles. The first-order valence-electron chi connectivity index (χ1n) is 5.16. The van der Waals surface area contributed by atoms with Gasteiger partial charge in [-0.05, 0) is 31.5 Å². The molecule has 1 unspecified atom stereocenters. The van der Waals surface area contributed by atoms with Gasteiger partial charge in [-0.1, -0.05) is 17.7 Å². The summed E-state index contributed by atoms with van der Waals surface area (Å²) in [5.74, 6) is -0.0279. The average Bonchev–Trinajstić information content (AvgIpc) is 2.24. The van der Waals surface area contributed by atoms with Crippen LogP contribution in [0.4, 0.5) is 0 Å². The highest BCUT2D eigenvalue weighted by atomic mass is 35.5. The molecule has 4 heteroatoms. The van der Waals surface area contributed by atoms with E-state index in [9.17, 15) is 4.79 Å². The zero-order valence-corrected chi connectivity index (χ0v) is 10.9. The van der Waals surface area contributed by atoms with Gasteiger partial charge in [-0.15, -0.1) is 11.6 Å². The predicted molar refractivity (Wildman–Crippen MR) is 68.3 cm³/mol. The number of benzene rings is 1. The topological polar surface area (TPSA) is 20.3 Å². The number of carbonyl (C=O) groups is 1. The number of rotatable bonds is 4. The lowest BCUT2D eigenvalue weighted by Crippen LogP contribution is -2.28. The fraction of sp³-hybridized carbons (Fsp3) is 0.417. The smallest absolute Gasteiger partial charge is 0.253 e. The van der Waals surface area contributed by atoms with E-state index in [4.69, 9.17) is 23.2 Å². The molecule has 0 bridgehead atoms. The van der Waals surface area contributed by atoms with Gasteiger partial charge in [0.1, 0.15) is 0 Å². The lowest BCUT2D eigenvalue weighted by molar-refractivity contribution is 0.0793. The SMILES string of the molecule is CC(Cl)CCN(C)C(=O)c1cccc(Cl)c1. The third-order valence-corrected chi connectivity index (χ3v) is 2.73. The summed E-state index contributed by atoms with van der Waals surface area (Å²) >= 11 is 11.7. The Bertz CT molecular complexity index is 366. The van der Waals surface area contributed by atoms with Crippen molar-refractivity contribution in [2.24, 2.45) is 0 Å². The number of alkyl halides is 1. The molecule has 0 spiro atoms. The van der Waals surface area contributed by atoms with Gasteiger partial charge in [0.25, 0.3) is 5.91 Å². The predicted octanol–water partition coefficient (Wildman–Crippen LogP) is 3.43. The van der Waals surface area contributed by atoms with Crippen LogP contribution in [0.2, 0.25) is 5.02 Å². The zero-order valence-electron chi connectivity index (χ0n) is 9.41. The van der Waals surface area contributed by atoms with Crippen LogP contribution in [0.25, 0.3) is 0 Å². The molecule has 1 aromatic carbocycles. The van der Waals surface area contributed by atoms with Crippen LogP contribution < -0.4 is 0 Å². The Morgan fingerprint density at radius 1 is 1.50 bits per heavy atom. The van der Waals surface area contributed by atoms with E-state index in [-0.39, 0.29) is 11.3 Å². The summed E-state index contributed by atoms with van der Waals surface area (Å²) in [6.07, 6.45) is 0.782. The van der Waals surface area contributed by atoms with Crippen molar-refractivity contribution in [2.45, 2.75) is 18.7 Å². The summed E-state index contributed by atoms with van der Waals surface area (Å²) < 4.78 is 0. The quantitative estimate of drug-likeness (QED) is 0.759. The molecule has 0 fully saturated rings. The van der Waals surface area contributed by atoms with Crippen molar-refractivity contribution >= 4 is 29.1 Å². The van der Waals surface area contributed by atoms with Gasteiger partial charge in [0.15, 0.2) is 0 Å². The summed E-state index contributed by atoms with van der Waals surface area (Å²) in [6, 6.07) is 6.95. The lowest BCUT2D eigenvalue weighted by atomic mass is 10.2. The number of nitrogens with zero attached hydrogens (tertiary/aromatic N) is 1. The Morgan fingerprint density at radius 2 is 2.19 bits per heavy atom. The second-order valence-corrected chi connectivity index (χ2v) is 4.99. The first-order chi connectivity index (χ1) is 7.50. The van der Waals surface area contributed by atoms with E-state index in [1.165, 1.54) is 0 Å². The molecule has 0 heterocycles. The minimum Gasteiger partial charge on any atom is -0.342 e. The van der Waals surface area contributed by atoms with E-state index in [2.05, 4.69) is 0 Å². The molecule has 16 heavy (non-hydrogen) atoms. The maximum atomic E-state index is 11.9. The van der Waals surface area contributed by atoms with Crippen LogP contribution in [-0.2, 0) is 0 Å². The van der Waals surface area contributed by atoms with Gasteiger partial charge in [0.2, 0.25) is 0 Å². The largest absolute Gasteiger partial charge is 0.342 e. The third kappa shape index (κ3) is 4.03. The second kappa shape index (κ2) is 6.12. The summed E-state index contributed by atoms with van der Waals surface area (Å²) in [5.41, 5.74) is 0.609. The Labute approximate surface area is 106 Å². The molecule has 0 aliphatic rings. The maximum absolute atomic E-state index is 11.9. The van der Waals surface area contributed by atoms with Crippen molar-refractivity contribution in [3.05, 3.63) is 34.9 Å². The summed E-state index contributed by atoms with van der Waals surface area (Å²) in [4.78, 5) is 13.6. The molecule has 0 aromatic heterocycles. The van der Waals surface area contributed by atoms with Crippen molar-refractivity contribution in [1.82, 2.24) is 4.90 Å². The number of hydrogen-bond acceptors (Lipinski definition) is 1. The standard InChI is InChI=1S/C12H15Cl2NO/c1-9(13)6-7-15(2)12(16)10-4-3-5-11(14)8-10/h3-5,8-9H,6-7H2,1-2H3. The van der Waals surface area contributed by atoms with E-state index in [0.29, 0.717) is 17.1 Å². The van der Waals surface area contributed by atoms with Crippen LogP contribution in [0.3, 0.4) is 0 Å². The number of halogens is 2. The molecule has 1 rings (SSSR count). The van der Waals surface area contributed by atoms with Gasteiger partial charge in [0.05, 0.1) is 0 Å². The highest BCUT2D eigenvalue weighted by Crippen LogP contribution is 2.12. The summed E-state index contributed by atoms with van der Waals surface area (Å²) in [7, 11) is 1.77. The van der Waals surface area contributed by atoms with E-state index in [1.54, 1.807) is 36.2 Å². The molecular formula is C12H15Cl2NO. The molecule has 0 radical (unpaired) electrons. The van der Waals surface area contributed by atoms with Crippen LogP contribution in [-0.4, -0.2) is 29.8 Å². The van der Waals surface area contributed by atoms with Crippen molar-refractivity contribution in [2.75, 3.05) is 13.6 Å². The molecule has 88 valence electrons. The highest BCUT2D eigenvalue weighted by molar-refractivity contribution is 6.30. The number of amides is 1. The maximum Gasteiger partial charge on any atom is 0.253 e. The molecule has 1 atom stereocenters. The fourth-order valence-corrected chi connectivity index (χ4v) is 1.60. The Balaban J connectivity index is 2.63. The molecule has 0 aliphatic heterocycles. The molecule has 2 nitrogen and oxygen atoms in total. The average molecular weight is 260 g/mol. The first kappa shape index (κ1) is 13.3. The monoisotopic (exact) mass is 259 g/mol. The number of hydrogen-bond donors (Lipinski definition) is 0. The molecule has 0 saturated carbocycles. The lowest BCUT2D eigenvalue weighted by Gasteiger charge is -2.17. The van der Waals surface area contributed by atoms with Crippen LogP contribution in [0, 0.1) is 0 Å². The minimum atomic E-state index is -0.0279. The molecule has 0 N–H and O–H groups in total. The van der Waals surface area contributed by atoms with Gasteiger partial charge in [-0.2, -0.15) is 0 Å². The van der Waals surface area contributed by atoms with Crippen LogP contribution in [0.5, 0.6) is 0 Å². The van der Waals surface area contributed by atoms with Gasteiger partial charge < -0.3 is 4.90 Å². The summed E-state index contributed by atoms with van der Waals surface area (Å²) in [6.45, 7) is 2.56. The van der Waals surface area contributed by atoms with Gasteiger partial charge >= 0.3 is 0 Å². The van der Waals surface area contributed by atoms with Crippen molar-refractivity contribution in [3.63, 3.8) is 0 Å². The van der Waals surface area contributed by atoms with E-state index in [0.717, 1.165) is 6.42 Å². The van der Waals surface area contributed by atoms with Crippen LogP contribution in [0.15, 0.2) is 24.3 Å². The Morgan fingerprint density at radius 3 is 2.75 bits per heavy atom. The zero-order chi connectivity index (χ0) is 12.1. The summed E-state index contributed by atoms with van der Waals surface area (Å²) in [5, 5.41) is 0.652. The van der Waals surface area contributed by atoms with Crippen molar-refractivity contribution < 1.29 is 4.79 Å². The number of carbonyl (C=O) groups excluding carboxylic acids is 1. The highest BCUT2D eigenvalue weighted by Gasteiger charge is 2.12. The molecule has 1 aromatic rings. The molecule has 1 amide bonds.